The first-order valence-corrected chi connectivity index (χ1v) is 5.89. The molecule has 1 rings (SSSR count). The van der Waals surface area contributed by atoms with Crippen LogP contribution in [0.3, 0.4) is 0 Å². The van der Waals surface area contributed by atoms with E-state index in [1.807, 2.05) is 0 Å². The summed E-state index contributed by atoms with van der Waals surface area (Å²) < 4.78 is 42.6. The van der Waals surface area contributed by atoms with Crippen molar-refractivity contribution in [1.82, 2.24) is 5.32 Å². The Bertz CT molecular complexity index is 509. The van der Waals surface area contributed by atoms with Gasteiger partial charge in [-0.15, -0.1) is 0 Å². The fourth-order valence-corrected chi connectivity index (χ4v) is 2.57. The van der Waals surface area contributed by atoms with Crippen molar-refractivity contribution in [2.75, 3.05) is 6.54 Å². The van der Waals surface area contributed by atoms with Crippen LogP contribution in [0.1, 0.15) is 12.8 Å². The fourth-order valence-electron chi connectivity index (χ4n) is 1.10. The maximum atomic E-state index is 11.1. The van der Waals surface area contributed by atoms with Crippen LogP contribution in [0.2, 0.25) is 0 Å². The summed E-state index contributed by atoms with van der Waals surface area (Å²) in [6, 6.07) is 0. The van der Waals surface area contributed by atoms with Crippen molar-refractivity contribution in [2.24, 2.45) is 0 Å². The minimum atomic E-state index is -2.82. The summed E-state index contributed by atoms with van der Waals surface area (Å²) in [5, 5.41) is 2.30. The SMILES string of the molecule is O=C1NCCCC(=S(=O)=O)C1=S(=O)=O. The zero-order valence-electron chi connectivity index (χ0n) is 6.98. The monoisotopic (exact) mass is 237 g/mol. The Morgan fingerprint density at radius 3 is 2.21 bits per heavy atom. The highest BCUT2D eigenvalue weighted by Gasteiger charge is 2.23. The molecule has 0 radical (unpaired) electrons. The lowest BCUT2D eigenvalue weighted by atomic mass is 10.2. The van der Waals surface area contributed by atoms with Crippen LogP contribution in [0.5, 0.6) is 0 Å². The van der Waals surface area contributed by atoms with Crippen LogP contribution < -0.4 is 5.32 Å². The van der Waals surface area contributed by atoms with Gasteiger partial charge in [0.25, 0.3) is 5.91 Å². The van der Waals surface area contributed by atoms with Crippen molar-refractivity contribution in [3.63, 3.8) is 0 Å². The Balaban J connectivity index is 3.52. The van der Waals surface area contributed by atoms with Gasteiger partial charge in [-0.25, -0.2) is 0 Å². The minimum Gasteiger partial charge on any atom is -0.351 e. The lowest BCUT2D eigenvalue weighted by Gasteiger charge is -1.95. The molecule has 1 saturated heterocycles. The first kappa shape index (κ1) is 10.9. The molecule has 6 nitrogen and oxygen atoms in total. The van der Waals surface area contributed by atoms with E-state index < -0.39 is 31.4 Å². The number of carbonyl (C=O) groups is 1. The summed E-state index contributed by atoms with van der Waals surface area (Å²) in [5.74, 6) is -0.852. The molecule has 0 aliphatic carbocycles. The highest BCUT2D eigenvalue weighted by Crippen LogP contribution is 1.98. The number of hydrogen-bond donors (Lipinski definition) is 1. The summed E-state index contributed by atoms with van der Waals surface area (Å²) in [7, 11) is -5.48. The van der Waals surface area contributed by atoms with Crippen LogP contribution in [0, 0.1) is 0 Å². The quantitative estimate of drug-likeness (QED) is 0.491. The minimum absolute atomic E-state index is 0.0676. The van der Waals surface area contributed by atoms with Gasteiger partial charge in [0.15, 0.2) is 4.86 Å². The molecule has 0 aromatic heterocycles. The van der Waals surface area contributed by atoms with Crippen molar-refractivity contribution < 1.29 is 21.6 Å². The second-order valence-corrected chi connectivity index (χ2v) is 4.42. The van der Waals surface area contributed by atoms with Crippen molar-refractivity contribution >= 4 is 36.2 Å². The summed E-state index contributed by atoms with van der Waals surface area (Å²) in [6.45, 7) is 0.278. The predicted molar refractivity (Wildman–Crippen MR) is 50.1 cm³/mol. The van der Waals surface area contributed by atoms with Gasteiger partial charge in [0.2, 0.25) is 20.6 Å². The normalized spacial score (nSPS) is 17.3. The van der Waals surface area contributed by atoms with E-state index in [-0.39, 0.29) is 17.8 Å². The molecule has 78 valence electrons. The molecular formula is C6H7NO5S2. The molecule has 1 heterocycles. The van der Waals surface area contributed by atoms with E-state index in [4.69, 9.17) is 0 Å². The molecule has 0 unspecified atom stereocenters. The van der Waals surface area contributed by atoms with Gasteiger partial charge in [0, 0.05) is 6.54 Å². The molecule has 1 N–H and O–H groups in total. The molecule has 1 amide bonds. The van der Waals surface area contributed by atoms with Crippen LogP contribution in [-0.4, -0.2) is 39.0 Å². The van der Waals surface area contributed by atoms with E-state index in [0.717, 1.165) is 0 Å². The van der Waals surface area contributed by atoms with Crippen molar-refractivity contribution in [3.8, 4) is 0 Å². The third-order valence-electron chi connectivity index (χ3n) is 1.69. The highest BCUT2D eigenvalue weighted by molar-refractivity contribution is 7.84. The van der Waals surface area contributed by atoms with Crippen LogP contribution in [0.4, 0.5) is 0 Å². The second kappa shape index (κ2) is 4.38. The molecule has 1 aliphatic rings. The summed E-state index contributed by atoms with van der Waals surface area (Å²) >= 11 is 0. The van der Waals surface area contributed by atoms with E-state index in [9.17, 15) is 21.6 Å². The number of nitrogens with one attached hydrogen (secondary N) is 1. The van der Waals surface area contributed by atoms with Gasteiger partial charge in [-0.3, -0.25) is 4.79 Å². The Kier molecular flexibility index (Phi) is 3.42. The summed E-state index contributed by atoms with van der Waals surface area (Å²) in [6.07, 6.45) is 0.480. The summed E-state index contributed by atoms with van der Waals surface area (Å²) in [4.78, 5) is 10.1. The molecular weight excluding hydrogens is 230 g/mol. The molecule has 1 fully saturated rings. The van der Waals surface area contributed by atoms with Gasteiger partial charge in [0.1, 0.15) is 4.86 Å². The van der Waals surface area contributed by atoms with Gasteiger partial charge < -0.3 is 5.32 Å². The molecule has 14 heavy (non-hydrogen) atoms. The topological polar surface area (TPSA) is 97.4 Å². The van der Waals surface area contributed by atoms with E-state index in [2.05, 4.69) is 5.32 Å². The van der Waals surface area contributed by atoms with E-state index in [1.165, 1.54) is 0 Å². The van der Waals surface area contributed by atoms with Crippen molar-refractivity contribution in [2.45, 2.75) is 12.8 Å². The number of hydrogen-bond acceptors (Lipinski definition) is 5. The Morgan fingerprint density at radius 1 is 1.07 bits per heavy atom. The Morgan fingerprint density at radius 2 is 1.71 bits per heavy atom. The van der Waals surface area contributed by atoms with Gasteiger partial charge in [0.05, 0.1) is 0 Å². The number of amides is 1. The van der Waals surface area contributed by atoms with Crippen LogP contribution in [0.15, 0.2) is 0 Å². The Labute approximate surface area is 83.0 Å². The molecule has 0 aromatic carbocycles. The van der Waals surface area contributed by atoms with E-state index >= 15 is 0 Å². The summed E-state index contributed by atoms with van der Waals surface area (Å²) in [5.41, 5.74) is 0. The molecule has 0 aromatic rings. The fraction of sp³-hybridized carbons (Fsp3) is 0.500. The van der Waals surface area contributed by atoms with Crippen LogP contribution >= 0.6 is 0 Å². The number of rotatable bonds is 0. The first-order valence-electron chi connectivity index (χ1n) is 3.74. The molecule has 8 heteroatoms. The second-order valence-electron chi connectivity index (χ2n) is 2.58. The zero-order chi connectivity index (χ0) is 10.7. The predicted octanol–water partition coefficient (Wildman–Crippen LogP) is -2.00. The van der Waals surface area contributed by atoms with Crippen molar-refractivity contribution in [1.29, 1.82) is 0 Å². The highest BCUT2D eigenvalue weighted by atomic mass is 32.2. The molecule has 0 saturated carbocycles. The van der Waals surface area contributed by atoms with E-state index in [1.54, 1.807) is 0 Å². The van der Waals surface area contributed by atoms with E-state index in [0.29, 0.717) is 6.42 Å². The van der Waals surface area contributed by atoms with Crippen molar-refractivity contribution in [3.05, 3.63) is 0 Å². The Hall–Kier alpha value is -1.15. The molecule has 0 spiro atoms. The first-order chi connectivity index (χ1) is 6.54. The third kappa shape index (κ3) is 2.20. The standard InChI is InChI=1S/C6H7NO5S2/c8-6-5(14(11)12)4(13(9)10)2-1-3-7-6/h1-3H2,(H,7,8). The average Bonchev–Trinajstić information content (AvgIpc) is 2.26. The van der Waals surface area contributed by atoms with Gasteiger partial charge in [-0.2, -0.15) is 16.8 Å². The van der Waals surface area contributed by atoms with Gasteiger partial charge >= 0.3 is 0 Å². The maximum absolute atomic E-state index is 11.1. The average molecular weight is 237 g/mol. The maximum Gasteiger partial charge on any atom is 0.268 e. The van der Waals surface area contributed by atoms with Crippen LogP contribution in [0.25, 0.3) is 0 Å². The van der Waals surface area contributed by atoms with Gasteiger partial charge in [-0.05, 0) is 12.8 Å². The number of carbonyl (C=O) groups excluding carboxylic acids is 1. The molecule has 1 aliphatic heterocycles. The molecule has 0 bridgehead atoms. The van der Waals surface area contributed by atoms with Gasteiger partial charge in [-0.1, -0.05) is 0 Å². The third-order valence-corrected chi connectivity index (χ3v) is 3.40. The largest absolute Gasteiger partial charge is 0.351 e. The lowest BCUT2D eigenvalue weighted by Crippen LogP contribution is -2.33. The molecule has 0 atom stereocenters. The van der Waals surface area contributed by atoms with Crippen LogP contribution in [-0.2, 0) is 25.4 Å². The zero-order valence-corrected chi connectivity index (χ0v) is 8.61. The smallest absolute Gasteiger partial charge is 0.268 e. The lowest BCUT2D eigenvalue weighted by molar-refractivity contribution is -0.114.